The average molecular weight is 469 g/mol. The highest BCUT2D eigenvalue weighted by molar-refractivity contribution is 6.30. The molecular weight excluding hydrogens is 449 g/mol. The summed E-state index contributed by atoms with van der Waals surface area (Å²) in [5.41, 5.74) is -1.75. The Hall–Kier alpha value is -3.00. The van der Waals surface area contributed by atoms with Gasteiger partial charge >= 0.3 is 12.1 Å². The van der Waals surface area contributed by atoms with E-state index in [1.807, 2.05) is 13.8 Å². The zero-order valence-electron chi connectivity index (χ0n) is 17.5. The van der Waals surface area contributed by atoms with Gasteiger partial charge in [-0.3, -0.25) is 4.79 Å². The summed E-state index contributed by atoms with van der Waals surface area (Å²) in [6.07, 6.45) is -5.93. The molecule has 32 heavy (non-hydrogen) atoms. The van der Waals surface area contributed by atoms with Crippen molar-refractivity contribution in [1.82, 2.24) is 0 Å². The number of hydrogen-bond acceptors (Lipinski definition) is 5. The molecule has 3 rings (SSSR count). The maximum absolute atomic E-state index is 13.7. The minimum Gasteiger partial charge on any atom is -0.479 e. The largest absolute Gasteiger partial charge is 0.479 e. The molecule has 5 nitrogen and oxygen atoms in total. The Labute approximate surface area is 186 Å². The molecule has 0 saturated carbocycles. The van der Waals surface area contributed by atoms with Crippen LogP contribution >= 0.6 is 11.6 Å². The van der Waals surface area contributed by atoms with Crippen molar-refractivity contribution in [2.45, 2.75) is 33.1 Å². The van der Waals surface area contributed by atoms with Crippen LogP contribution in [0.1, 0.15) is 26.5 Å². The first-order valence-corrected chi connectivity index (χ1v) is 10.1. The lowest BCUT2D eigenvalue weighted by Crippen LogP contribution is -2.27. The first-order chi connectivity index (χ1) is 15.0. The van der Waals surface area contributed by atoms with Crippen LogP contribution < -0.4 is 10.2 Å². The molecule has 0 amide bonds. The Kier molecular flexibility index (Phi) is 6.83. The number of fused-ring (bicyclic) bond motifs is 1. The molecule has 1 atom stereocenters. The van der Waals surface area contributed by atoms with Crippen LogP contribution in [0.25, 0.3) is 22.1 Å². The van der Waals surface area contributed by atoms with Gasteiger partial charge in [-0.05, 0) is 42.7 Å². The third-order valence-corrected chi connectivity index (χ3v) is 4.71. The zero-order chi connectivity index (χ0) is 23.6. The van der Waals surface area contributed by atoms with Crippen molar-refractivity contribution < 1.29 is 31.9 Å². The van der Waals surface area contributed by atoms with Gasteiger partial charge in [0.15, 0.2) is 6.10 Å². The molecule has 0 radical (unpaired) electrons. The molecule has 0 unspecified atom stereocenters. The van der Waals surface area contributed by atoms with Gasteiger partial charge in [0.25, 0.3) is 0 Å². The molecule has 0 fully saturated rings. The highest BCUT2D eigenvalue weighted by Crippen LogP contribution is 2.38. The lowest BCUT2D eigenvalue weighted by molar-refractivity contribution is -0.152. The van der Waals surface area contributed by atoms with Crippen molar-refractivity contribution >= 4 is 28.5 Å². The van der Waals surface area contributed by atoms with Crippen LogP contribution in [-0.4, -0.2) is 18.7 Å². The highest BCUT2D eigenvalue weighted by Gasteiger charge is 2.39. The molecule has 0 N–H and O–H groups in total. The summed E-state index contributed by atoms with van der Waals surface area (Å²) in [7, 11) is 0. The van der Waals surface area contributed by atoms with Gasteiger partial charge in [-0.2, -0.15) is 13.2 Å². The molecule has 0 saturated heterocycles. The van der Waals surface area contributed by atoms with E-state index in [1.54, 1.807) is 0 Å². The van der Waals surface area contributed by atoms with Gasteiger partial charge in [-0.1, -0.05) is 37.6 Å². The predicted molar refractivity (Wildman–Crippen MR) is 114 cm³/mol. The van der Waals surface area contributed by atoms with E-state index in [2.05, 4.69) is 0 Å². The summed E-state index contributed by atoms with van der Waals surface area (Å²) in [6, 6.07) is 9.22. The minimum atomic E-state index is -4.92. The van der Waals surface area contributed by atoms with Gasteiger partial charge in [0, 0.05) is 11.1 Å². The molecular formula is C23H20ClF3O5. The molecule has 1 aromatic heterocycles. The van der Waals surface area contributed by atoms with Gasteiger partial charge in [0.05, 0.1) is 17.6 Å². The monoisotopic (exact) mass is 468 g/mol. The Balaban J connectivity index is 2.03. The van der Waals surface area contributed by atoms with Crippen molar-refractivity contribution in [2.24, 2.45) is 5.92 Å². The molecule has 0 aliphatic rings. The molecule has 170 valence electrons. The van der Waals surface area contributed by atoms with E-state index in [-0.39, 0.29) is 34.8 Å². The second kappa shape index (κ2) is 9.24. The second-order valence-corrected chi connectivity index (χ2v) is 8.02. The Morgan fingerprint density at radius 1 is 1.09 bits per heavy atom. The molecule has 2 aromatic carbocycles. The number of ether oxygens (including phenoxy) is 2. The summed E-state index contributed by atoms with van der Waals surface area (Å²) in [5.74, 6) is -1.85. The van der Waals surface area contributed by atoms with E-state index >= 15 is 0 Å². The van der Waals surface area contributed by atoms with Crippen molar-refractivity contribution in [3.05, 3.63) is 63.5 Å². The van der Waals surface area contributed by atoms with Gasteiger partial charge in [0.2, 0.25) is 11.2 Å². The smallest absolute Gasteiger partial charge is 0.450 e. The maximum Gasteiger partial charge on any atom is 0.450 e. The first-order valence-electron chi connectivity index (χ1n) is 9.74. The predicted octanol–water partition coefficient (Wildman–Crippen LogP) is 6.10. The fraction of sp³-hybridized carbons (Fsp3) is 0.304. The van der Waals surface area contributed by atoms with Gasteiger partial charge in [-0.25, -0.2) is 4.79 Å². The number of esters is 1. The molecule has 0 spiro atoms. The lowest BCUT2D eigenvalue weighted by Gasteiger charge is -2.16. The SMILES string of the molecule is CC(C)COC(=O)[C@@H](C)Oc1ccc2c(=O)c(-c3ccc(Cl)cc3)c(C(F)(F)F)oc2c1. The van der Waals surface area contributed by atoms with Crippen molar-refractivity contribution in [1.29, 1.82) is 0 Å². The molecule has 9 heteroatoms. The quantitative estimate of drug-likeness (QED) is 0.409. The topological polar surface area (TPSA) is 65.7 Å². The number of hydrogen-bond donors (Lipinski definition) is 0. The summed E-state index contributed by atoms with van der Waals surface area (Å²) in [5, 5.41) is 0.251. The summed E-state index contributed by atoms with van der Waals surface area (Å²) in [4.78, 5) is 25.0. The van der Waals surface area contributed by atoms with Crippen LogP contribution in [0, 0.1) is 5.92 Å². The van der Waals surface area contributed by atoms with E-state index in [9.17, 15) is 22.8 Å². The highest BCUT2D eigenvalue weighted by atomic mass is 35.5. The maximum atomic E-state index is 13.7. The summed E-state index contributed by atoms with van der Waals surface area (Å²) >= 11 is 5.81. The number of carbonyl (C=O) groups excluding carboxylic acids is 1. The van der Waals surface area contributed by atoms with Gasteiger partial charge in [0.1, 0.15) is 11.3 Å². The fourth-order valence-electron chi connectivity index (χ4n) is 2.94. The number of halogens is 4. The number of alkyl halides is 3. The third kappa shape index (κ3) is 5.24. The van der Waals surface area contributed by atoms with Crippen LogP contribution in [-0.2, 0) is 15.7 Å². The molecule has 0 aliphatic carbocycles. The van der Waals surface area contributed by atoms with Crippen LogP contribution in [0.2, 0.25) is 5.02 Å². The standard InChI is InChI=1S/C23H20ClF3O5/c1-12(2)11-30-22(29)13(3)31-16-8-9-17-18(10-16)32-21(23(25,26)27)19(20(17)28)14-4-6-15(24)7-5-14/h4-10,12-13H,11H2,1-3H3/t13-/m1/s1. The van der Waals surface area contributed by atoms with Gasteiger partial charge in [-0.15, -0.1) is 0 Å². The number of rotatable bonds is 6. The minimum absolute atomic E-state index is 0.0271. The van der Waals surface area contributed by atoms with E-state index in [4.69, 9.17) is 25.5 Å². The molecule has 0 aliphatic heterocycles. The summed E-state index contributed by atoms with van der Waals surface area (Å²) < 4.78 is 56.9. The van der Waals surface area contributed by atoms with E-state index in [0.717, 1.165) is 6.07 Å². The van der Waals surface area contributed by atoms with Crippen molar-refractivity contribution in [3.63, 3.8) is 0 Å². The van der Waals surface area contributed by atoms with Crippen LogP contribution in [0.4, 0.5) is 13.2 Å². The number of benzene rings is 2. The number of carbonyl (C=O) groups is 1. The van der Waals surface area contributed by atoms with E-state index < -0.39 is 35.0 Å². The van der Waals surface area contributed by atoms with Crippen LogP contribution in [0.3, 0.4) is 0 Å². The van der Waals surface area contributed by atoms with E-state index in [0.29, 0.717) is 5.02 Å². The lowest BCUT2D eigenvalue weighted by atomic mass is 10.0. The van der Waals surface area contributed by atoms with Crippen molar-refractivity contribution in [3.8, 4) is 16.9 Å². The first kappa shape index (κ1) is 23.7. The van der Waals surface area contributed by atoms with Crippen LogP contribution in [0.15, 0.2) is 51.7 Å². The van der Waals surface area contributed by atoms with Crippen molar-refractivity contribution in [2.75, 3.05) is 6.61 Å². The normalized spacial score (nSPS) is 12.8. The Bertz CT molecular complexity index is 1180. The van der Waals surface area contributed by atoms with Gasteiger partial charge < -0.3 is 13.9 Å². The second-order valence-electron chi connectivity index (χ2n) is 7.58. The Morgan fingerprint density at radius 2 is 1.75 bits per heavy atom. The summed E-state index contributed by atoms with van der Waals surface area (Å²) in [6.45, 7) is 5.41. The molecule has 0 bridgehead atoms. The average Bonchev–Trinajstić information content (AvgIpc) is 2.71. The Morgan fingerprint density at radius 3 is 2.34 bits per heavy atom. The molecule has 3 aromatic rings. The third-order valence-electron chi connectivity index (χ3n) is 4.46. The zero-order valence-corrected chi connectivity index (χ0v) is 18.2. The van der Waals surface area contributed by atoms with Crippen LogP contribution in [0.5, 0.6) is 5.75 Å². The molecule has 1 heterocycles. The fourth-order valence-corrected chi connectivity index (χ4v) is 3.07. The van der Waals surface area contributed by atoms with E-state index in [1.165, 1.54) is 43.3 Å².